The Balaban J connectivity index is 1.31. The van der Waals surface area contributed by atoms with Crippen molar-refractivity contribution in [2.45, 2.75) is 51.6 Å². The quantitative estimate of drug-likeness (QED) is 0.190. The molecular formula is C35H40N4O5S3. The lowest BCUT2D eigenvalue weighted by atomic mass is 10.00. The molecule has 3 fully saturated rings. The lowest BCUT2D eigenvalue weighted by Crippen LogP contribution is -2.56. The van der Waals surface area contributed by atoms with Gasteiger partial charge in [0.25, 0.3) is 11.8 Å². The number of aliphatic hydroxyl groups is 2. The van der Waals surface area contributed by atoms with Gasteiger partial charge < -0.3 is 24.7 Å². The van der Waals surface area contributed by atoms with E-state index in [1.54, 1.807) is 34.8 Å². The molecule has 6 heterocycles. The molecule has 0 aliphatic carbocycles. The number of hydrogen-bond donors (Lipinski definition) is 2. The third-order valence-electron chi connectivity index (χ3n) is 8.92. The van der Waals surface area contributed by atoms with E-state index in [0.717, 1.165) is 58.5 Å². The maximum absolute atomic E-state index is 13.6. The van der Waals surface area contributed by atoms with Gasteiger partial charge in [-0.25, -0.2) is 0 Å². The number of anilines is 2. The van der Waals surface area contributed by atoms with Crippen LogP contribution in [0, 0.1) is 0 Å². The molecule has 12 heteroatoms. The Bertz CT molecular complexity index is 1570. The summed E-state index contributed by atoms with van der Waals surface area (Å²) in [4.78, 5) is 36.7. The SMILES string of the molecule is CCN1C(=O)C(=C2C=C(/C=C/c3ccc(N4CCC[C@H]4CO)s3)OC(/C=C/c3ccc(N4CCC[C@H]4CO)s3)=C2)C(=O)N(CC)C1=S. The van der Waals surface area contributed by atoms with E-state index in [4.69, 9.17) is 17.0 Å². The van der Waals surface area contributed by atoms with E-state index in [-0.39, 0.29) is 36.0 Å². The first kappa shape index (κ1) is 33.4. The molecule has 2 N–H and O–H groups in total. The summed E-state index contributed by atoms with van der Waals surface area (Å²) >= 11 is 8.78. The lowest BCUT2D eigenvalue weighted by Gasteiger charge is -2.36. The summed E-state index contributed by atoms with van der Waals surface area (Å²) in [6.45, 7) is 6.54. The summed E-state index contributed by atoms with van der Waals surface area (Å²) in [7, 11) is 0. The summed E-state index contributed by atoms with van der Waals surface area (Å²) < 4.78 is 6.29. The number of carbonyl (C=O) groups excluding carboxylic acids is 2. The second kappa shape index (κ2) is 14.7. The van der Waals surface area contributed by atoms with Gasteiger partial charge in [-0.15, -0.1) is 22.7 Å². The summed E-state index contributed by atoms with van der Waals surface area (Å²) in [5.74, 6) is 0.159. The third kappa shape index (κ3) is 6.88. The first-order valence-electron chi connectivity index (χ1n) is 16.2. The second-order valence-corrected chi connectivity index (χ2v) is 14.3. The topological polar surface area (TPSA) is 96.8 Å². The van der Waals surface area contributed by atoms with Crippen LogP contribution in [0.1, 0.15) is 49.3 Å². The molecule has 0 aromatic carbocycles. The number of carbonyl (C=O) groups is 2. The Morgan fingerprint density at radius 1 is 0.787 bits per heavy atom. The maximum atomic E-state index is 13.6. The van der Waals surface area contributed by atoms with Crippen molar-refractivity contribution in [2.24, 2.45) is 0 Å². The molecule has 4 aliphatic heterocycles. The smallest absolute Gasteiger partial charge is 0.266 e. The van der Waals surface area contributed by atoms with E-state index in [1.807, 2.05) is 50.3 Å². The van der Waals surface area contributed by atoms with Crippen LogP contribution in [0.3, 0.4) is 0 Å². The minimum Gasteiger partial charge on any atom is -0.457 e. The highest BCUT2D eigenvalue weighted by molar-refractivity contribution is 7.80. The van der Waals surface area contributed by atoms with Crippen LogP contribution in [0.4, 0.5) is 10.0 Å². The first-order valence-corrected chi connectivity index (χ1v) is 18.2. The number of ether oxygens (including phenoxy) is 1. The van der Waals surface area contributed by atoms with Crippen LogP contribution in [0.25, 0.3) is 12.2 Å². The van der Waals surface area contributed by atoms with Gasteiger partial charge in [-0.2, -0.15) is 0 Å². The Morgan fingerprint density at radius 3 is 1.68 bits per heavy atom. The average molecular weight is 693 g/mol. The third-order valence-corrected chi connectivity index (χ3v) is 11.5. The van der Waals surface area contributed by atoms with Crippen molar-refractivity contribution in [1.82, 2.24) is 9.80 Å². The van der Waals surface area contributed by atoms with Crippen molar-refractivity contribution in [1.29, 1.82) is 0 Å². The Kier molecular flexibility index (Phi) is 10.4. The molecule has 3 saturated heterocycles. The second-order valence-electron chi connectivity index (χ2n) is 11.8. The molecule has 0 bridgehead atoms. The number of thiophene rings is 2. The number of aliphatic hydroxyl groups excluding tert-OH is 2. The van der Waals surface area contributed by atoms with Gasteiger partial charge in [0, 0.05) is 41.5 Å². The zero-order valence-corrected chi connectivity index (χ0v) is 29.1. The Morgan fingerprint density at radius 2 is 1.26 bits per heavy atom. The number of hydrogen-bond acceptors (Lipinski definition) is 10. The molecule has 2 atom stereocenters. The molecule has 0 radical (unpaired) electrons. The summed E-state index contributed by atoms with van der Waals surface area (Å²) in [6, 6.07) is 8.56. The van der Waals surface area contributed by atoms with E-state index in [9.17, 15) is 19.8 Å². The summed E-state index contributed by atoms with van der Waals surface area (Å²) in [5.41, 5.74) is 0.529. The fourth-order valence-electron chi connectivity index (χ4n) is 6.47. The van der Waals surface area contributed by atoms with Gasteiger partial charge in [0.05, 0.1) is 35.3 Å². The van der Waals surface area contributed by atoms with Gasteiger partial charge in [-0.3, -0.25) is 19.4 Å². The van der Waals surface area contributed by atoms with Crippen molar-refractivity contribution in [2.75, 3.05) is 49.2 Å². The van der Waals surface area contributed by atoms with Gasteiger partial charge in [0.1, 0.15) is 17.1 Å². The molecule has 47 heavy (non-hydrogen) atoms. The summed E-state index contributed by atoms with van der Waals surface area (Å²) in [5, 5.41) is 22.0. The van der Waals surface area contributed by atoms with Gasteiger partial charge >= 0.3 is 0 Å². The van der Waals surface area contributed by atoms with Crippen molar-refractivity contribution in [3.63, 3.8) is 0 Å². The molecule has 9 nitrogen and oxygen atoms in total. The van der Waals surface area contributed by atoms with Gasteiger partial charge in [0.15, 0.2) is 5.11 Å². The average Bonchev–Trinajstić information content (AvgIpc) is 3.89. The van der Waals surface area contributed by atoms with E-state index in [1.165, 1.54) is 9.80 Å². The monoisotopic (exact) mass is 692 g/mol. The van der Waals surface area contributed by atoms with E-state index < -0.39 is 11.8 Å². The van der Waals surface area contributed by atoms with Crippen molar-refractivity contribution in [3.05, 3.63) is 81.0 Å². The highest BCUT2D eigenvalue weighted by atomic mass is 32.1. The van der Waals surface area contributed by atoms with Crippen molar-refractivity contribution in [3.8, 4) is 0 Å². The zero-order chi connectivity index (χ0) is 33.1. The minimum absolute atomic E-state index is 0.0624. The molecular weight excluding hydrogens is 653 g/mol. The Hall–Kier alpha value is -3.55. The minimum atomic E-state index is -0.415. The van der Waals surface area contributed by atoms with Gasteiger partial charge in [-0.1, -0.05) is 0 Å². The highest BCUT2D eigenvalue weighted by Gasteiger charge is 2.39. The van der Waals surface area contributed by atoms with Crippen LogP contribution in [0.5, 0.6) is 0 Å². The lowest BCUT2D eigenvalue weighted by molar-refractivity contribution is -0.133. The van der Waals surface area contributed by atoms with Crippen LogP contribution in [-0.2, 0) is 14.3 Å². The van der Waals surface area contributed by atoms with E-state index in [0.29, 0.717) is 30.2 Å². The van der Waals surface area contributed by atoms with Crippen LogP contribution in [0.2, 0.25) is 0 Å². The Labute approximate surface area is 289 Å². The maximum Gasteiger partial charge on any atom is 0.266 e. The molecule has 4 aliphatic rings. The number of rotatable bonds is 10. The molecule has 0 spiro atoms. The number of allylic oxidation sites excluding steroid dienone is 5. The molecule has 6 rings (SSSR count). The molecule has 0 saturated carbocycles. The van der Waals surface area contributed by atoms with Crippen LogP contribution in [0.15, 0.2) is 71.2 Å². The van der Waals surface area contributed by atoms with Crippen LogP contribution >= 0.6 is 34.9 Å². The normalized spacial score (nSPS) is 22.4. The fraction of sp³-hybridized carbons (Fsp3) is 0.400. The van der Waals surface area contributed by atoms with E-state index >= 15 is 0 Å². The predicted molar refractivity (Wildman–Crippen MR) is 193 cm³/mol. The standard InChI is InChI=1S/C35H40N4O5S3/c1-3-36-33(42)32(34(43)37(4-2)35(36)45)23-19-26(9-11-28-13-15-30(46-28)38-17-5-7-24(38)21-40)44-27(20-23)10-12-29-14-16-31(47-29)39-18-6-8-25(39)22-41/h9-16,19-20,24-25,40-41H,3-8,17-18,21-22H2,1-2H3/b11-9+,12-10+/t24-,25-/m0/s1. The van der Waals surface area contributed by atoms with E-state index in [2.05, 4.69) is 21.9 Å². The molecule has 2 aromatic rings. The molecule has 2 aromatic heterocycles. The van der Waals surface area contributed by atoms with Crippen LogP contribution in [-0.4, -0.2) is 88.4 Å². The molecule has 0 unspecified atom stereocenters. The molecule has 248 valence electrons. The van der Waals surface area contributed by atoms with Gasteiger partial charge in [-0.05, 0) is 112 Å². The molecule has 2 amide bonds. The first-order chi connectivity index (χ1) is 22.8. The predicted octanol–water partition coefficient (Wildman–Crippen LogP) is 5.55. The zero-order valence-electron chi connectivity index (χ0n) is 26.6. The van der Waals surface area contributed by atoms with Crippen molar-refractivity contribution < 1.29 is 24.5 Å². The summed E-state index contributed by atoms with van der Waals surface area (Å²) in [6.07, 6.45) is 15.2. The van der Waals surface area contributed by atoms with Crippen molar-refractivity contribution >= 4 is 74.0 Å². The fourth-order valence-corrected chi connectivity index (χ4v) is 8.91. The van der Waals surface area contributed by atoms with Crippen LogP contribution < -0.4 is 9.80 Å². The number of thiocarbonyl (C=S) groups is 1. The number of amides is 2. The number of likely N-dealkylation sites (N-methyl/N-ethyl adjacent to an activating group) is 2. The largest absolute Gasteiger partial charge is 0.457 e. The van der Waals surface area contributed by atoms with Gasteiger partial charge in [0.2, 0.25) is 0 Å². The number of nitrogens with zero attached hydrogens (tertiary/aromatic N) is 4. The highest BCUT2D eigenvalue weighted by Crippen LogP contribution is 2.35.